The first kappa shape index (κ1) is 21.5. The molecule has 2 fully saturated rings. The molecule has 182 valence electrons. The first-order chi connectivity index (χ1) is 17.1. The maximum Gasteiger partial charge on any atom is 0.434 e. The largest absolute Gasteiger partial charge is 0.454 e. The Bertz CT molecular complexity index is 1120. The molecule has 0 atom stereocenters. The summed E-state index contributed by atoms with van der Waals surface area (Å²) in [4.78, 5) is 45.0. The maximum absolute atomic E-state index is 12.6. The van der Waals surface area contributed by atoms with Gasteiger partial charge < -0.3 is 28.7 Å². The van der Waals surface area contributed by atoms with E-state index in [1.165, 1.54) is 4.90 Å². The van der Waals surface area contributed by atoms with E-state index in [2.05, 4.69) is 4.90 Å². The van der Waals surface area contributed by atoms with Crippen molar-refractivity contribution in [2.75, 3.05) is 39.8 Å². The van der Waals surface area contributed by atoms with E-state index in [0.717, 1.165) is 11.1 Å². The number of amides is 3. The van der Waals surface area contributed by atoms with Gasteiger partial charge in [-0.3, -0.25) is 14.5 Å². The van der Waals surface area contributed by atoms with Crippen LogP contribution in [-0.4, -0.2) is 72.5 Å². The van der Waals surface area contributed by atoms with E-state index in [1.807, 2.05) is 36.4 Å². The van der Waals surface area contributed by atoms with Crippen LogP contribution in [0.5, 0.6) is 23.0 Å². The van der Waals surface area contributed by atoms with Crippen molar-refractivity contribution >= 4 is 17.9 Å². The molecule has 0 saturated carbocycles. The maximum atomic E-state index is 12.6. The Labute approximate surface area is 200 Å². The number of piperazine rings is 1. The summed E-state index contributed by atoms with van der Waals surface area (Å²) in [7, 11) is 0. The first-order valence-corrected chi connectivity index (χ1v) is 11.4. The Morgan fingerprint density at radius 3 is 1.80 bits per heavy atom. The third-order valence-corrected chi connectivity index (χ3v) is 6.54. The summed E-state index contributed by atoms with van der Waals surface area (Å²) in [5, 5.41) is 0.580. The van der Waals surface area contributed by atoms with Gasteiger partial charge in [-0.25, -0.2) is 4.79 Å². The molecule has 4 heterocycles. The lowest BCUT2D eigenvalue weighted by Gasteiger charge is -2.39. The van der Waals surface area contributed by atoms with Crippen molar-refractivity contribution in [3.05, 3.63) is 47.5 Å². The van der Waals surface area contributed by atoms with Crippen molar-refractivity contribution in [3.63, 3.8) is 0 Å². The second-order valence-corrected chi connectivity index (χ2v) is 8.59. The number of fused-ring (bicyclic) bond motifs is 2. The molecular weight excluding hydrogens is 458 g/mol. The van der Waals surface area contributed by atoms with Gasteiger partial charge in [-0.15, -0.1) is 5.06 Å². The Kier molecular flexibility index (Phi) is 5.33. The summed E-state index contributed by atoms with van der Waals surface area (Å²) in [5.41, 5.74) is 2.02. The number of hydroxylamine groups is 2. The minimum atomic E-state index is -0.698. The van der Waals surface area contributed by atoms with Crippen LogP contribution >= 0.6 is 0 Å². The van der Waals surface area contributed by atoms with Gasteiger partial charge in [0, 0.05) is 39.0 Å². The third kappa shape index (κ3) is 3.97. The zero-order chi connectivity index (χ0) is 23.9. The van der Waals surface area contributed by atoms with E-state index in [9.17, 15) is 14.4 Å². The minimum Gasteiger partial charge on any atom is -0.454 e. The van der Waals surface area contributed by atoms with Crippen LogP contribution in [0.15, 0.2) is 36.4 Å². The average Bonchev–Trinajstić information content (AvgIpc) is 3.61. The zero-order valence-electron chi connectivity index (χ0n) is 18.8. The summed E-state index contributed by atoms with van der Waals surface area (Å²) in [6.45, 7) is 2.23. The van der Waals surface area contributed by atoms with Gasteiger partial charge in [-0.05, 0) is 35.4 Å². The normalized spacial score (nSPS) is 19.1. The number of rotatable bonds is 4. The van der Waals surface area contributed by atoms with E-state index < -0.39 is 17.9 Å². The summed E-state index contributed by atoms with van der Waals surface area (Å²) < 4.78 is 22.1. The minimum absolute atomic E-state index is 0.0621. The smallest absolute Gasteiger partial charge is 0.434 e. The van der Waals surface area contributed by atoms with Crippen LogP contribution in [0.4, 0.5) is 4.79 Å². The molecule has 3 amide bonds. The van der Waals surface area contributed by atoms with E-state index >= 15 is 0 Å². The number of carbonyl (C=O) groups is 3. The predicted molar refractivity (Wildman–Crippen MR) is 118 cm³/mol. The number of nitrogens with zero attached hydrogens (tertiary/aromatic N) is 3. The van der Waals surface area contributed by atoms with Crippen molar-refractivity contribution in [2.24, 2.45) is 0 Å². The molecule has 2 aromatic carbocycles. The number of hydrogen-bond donors (Lipinski definition) is 0. The number of carbonyl (C=O) groups excluding carboxylic acids is 3. The molecule has 0 unspecified atom stereocenters. The first-order valence-electron chi connectivity index (χ1n) is 11.4. The van der Waals surface area contributed by atoms with E-state index in [4.69, 9.17) is 23.8 Å². The Hall–Kier alpha value is -3.99. The number of hydrogen-bond acceptors (Lipinski definition) is 9. The molecule has 11 nitrogen and oxygen atoms in total. The summed E-state index contributed by atoms with van der Waals surface area (Å²) in [5.74, 6) is 1.81. The molecule has 6 rings (SSSR count). The van der Waals surface area contributed by atoms with Crippen molar-refractivity contribution < 1.29 is 38.2 Å². The number of benzene rings is 2. The number of ether oxygens (including phenoxy) is 4. The van der Waals surface area contributed by atoms with Crippen LogP contribution in [0.1, 0.15) is 30.0 Å². The molecule has 0 aromatic heterocycles. The van der Waals surface area contributed by atoms with Gasteiger partial charge in [-0.2, -0.15) is 0 Å². The molecular formula is C24H23N3O8. The highest BCUT2D eigenvalue weighted by molar-refractivity contribution is 6.01. The molecule has 11 heteroatoms. The van der Waals surface area contributed by atoms with Gasteiger partial charge >= 0.3 is 6.09 Å². The highest BCUT2D eigenvalue weighted by Crippen LogP contribution is 2.41. The van der Waals surface area contributed by atoms with Gasteiger partial charge in [0.1, 0.15) is 0 Å². The summed E-state index contributed by atoms with van der Waals surface area (Å²) in [6, 6.07) is 11.6. The van der Waals surface area contributed by atoms with Gasteiger partial charge in [0.2, 0.25) is 13.6 Å². The monoisotopic (exact) mass is 481 g/mol. The van der Waals surface area contributed by atoms with Crippen LogP contribution in [0.3, 0.4) is 0 Å². The second-order valence-electron chi connectivity index (χ2n) is 8.59. The Morgan fingerprint density at radius 1 is 0.743 bits per heavy atom. The Morgan fingerprint density at radius 2 is 1.26 bits per heavy atom. The van der Waals surface area contributed by atoms with Crippen LogP contribution < -0.4 is 18.9 Å². The fourth-order valence-electron chi connectivity index (χ4n) is 4.74. The molecule has 0 spiro atoms. The Balaban J connectivity index is 1.22. The van der Waals surface area contributed by atoms with Crippen molar-refractivity contribution in [2.45, 2.75) is 18.9 Å². The SMILES string of the molecule is O=C(ON1C(=O)CCC1=O)N1CCN(C(c2ccc3c(c2)OCO3)c2ccc3c(c2)OCO3)CC1. The molecule has 0 bridgehead atoms. The van der Waals surface area contributed by atoms with E-state index in [1.54, 1.807) is 0 Å². The zero-order valence-corrected chi connectivity index (χ0v) is 18.8. The van der Waals surface area contributed by atoms with E-state index in [-0.39, 0.29) is 32.5 Å². The fraction of sp³-hybridized carbons (Fsp3) is 0.375. The molecule has 0 aliphatic carbocycles. The topological polar surface area (TPSA) is 107 Å². The van der Waals surface area contributed by atoms with Crippen LogP contribution in [0.2, 0.25) is 0 Å². The quantitative estimate of drug-likeness (QED) is 0.607. The standard InChI is InChI=1S/C24H23N3O8/c28-21-5-6-22(29)27(21)35-24(30)26-9-7-25(8-10-26)23(15-1-3-17-19(11-15)33-13-31-17)16-2-4-18-20(12-16)34-14-32-18/h1-4,11-12,23H,5-10,13-14H2. The average molecular weight is 481 g/mol. The van der Waals surface area contributed by atoms with Gasteiger partial charge in [0.05, 0.1) is 6.04 Å². The lowest BCUT2D eigenvalue weighted by Crippen LogP contribution is -2.51. The molecule has 2 saturated heterocycles. The van der Waals surface area contributed by atoms with Crippen LogP contribution in [0, 0.1) is 0 Å². The van der Waals surface area contributed by atoms with Crippen LogP contribution in [-0.2, 0) is 14.4 Å². The van der Waals surface area contributed by atoms with Crippen molar-refractivity contribution in [3.8, 4) is 23.0 Å². The highest BCUT2D eigenvalue weighted by atomic mass is 16.7. The van der Waals surface area contributed by atoms with E-state index in [0.29, 0.717) is 54.2 Å². The van der Waals surface area contributed by atoms with Crippen LogP contribution in [0.25, 0.3) is 0 Å². The molecule has 4 aliphatic rings. The van der Waals surface area contributed by atoms with Gasteiger partial charge in [-0.1, -0.05) is 12.1 Å². The lowest BCUT2D eigenvalue weighted by atomic mass is 9.95. The second kappa shape index (κ2) is 8.66. The predicted octanol–water partition coefficient (Wildman–Crippen LogP) is 2.05. The molecule has 2 aromatic rings. The summed E-state index contributed by atoms with van der Waals surface area (Å²) >= 11 is 0. The molecule has 4 aliphatic heterocycles. The molecule has 0 N–H and O–H groups in total. The fourth-order valence-corrected chi connectivity index (χ4v) is 4.74. The molecule has 0 radical (unpaired) electrons. The van der Waals surface area contributed by atoms with Crippen molar-refractivity contribution in [1.29, 1.82) is 0 Å². The summed E-state index contributed by atoms with van der Waals surface area (Å²) in [6.07, 6.45) is -0.574. The lowest BCUT2D eigenvalue weighted by molar-refractivity contribution is -0.174. The number of imide groups is 1. The van der Waals surface area contributed by atoms with Gasteiger partial charge in [0.25, 0.3) is 11.8 Å². The highest BCUT2D eigenvalue weighted by Gasteiger charge is 2.36. The molecule has 35 heavy (non-hydrogen) atoms. The third-order valence-electron chi connectivity index (χ3n) is 6.54. The van der Waals surface area contributed by atoms with Gasteiger partial charge in [0.15, 0.2) is 23.0 Å². The van der Waals surface area contributed by atoms with Crippen molar-refractivity contribution in [1.82, 2.24) is 14.9 Å².